The third kappa shape index (κ3) is 304. The molecule has 0 aromatic heterocycles. The second-order valence-corrected chi connectivity index (χ2v) is 2.19. The van der Waals surface area contributed by atoms with Crippen LogP contribution in [0, 0.1) is 0 Å². The average molecular weight is 525 g/mol. The van der Waals surface area contributed by atoms with Gasteiger partial charge in [-0.3, -0.25) is 13.6 Å². The van der Waals surface area contributed by atoms with Gasteiger partial charge in [-0.05, 0) is 0 Å². The first-order valence-corrected chi connectivity index (χ1v) is 4.05. The Morgan fingerprint density at radius 1 is 1.18 bits per heavy atom. The third-order valence-corrected chi connectivity index (χ3v) is 0. The van der Waals surface area contributed by atoms with Crippen molar-refractivity contribution < 1.29 is 34.4 Å². The first-order chi connectivity index (χ1) is 3.73. The van der Waals surface area contributed by atoms with Crippen LogP contribution in [0.25, 0.3) is 0 Å². The van der Waals surface area contributed by atoms with Crippen molar-refractivity contribution >= 4 is 95.7 Å². The molecule has 0 aromatic rings. The molecule has 0 unspecified atom stereocenters. The van der Waals surface area contributed by atoms with Crippen molar-refractivity contribution in [1.29, 1.82) is 0 Å². The van der Waals surface area contributed by atoms with Gasteiger partial charge in [0.1, 0.15) is 0 Å². The topological polar surface area (TPSA) is 132 Å². The molecule has 0 saturated heterocycles. The SMILES string of the molecule is O=S(=O)(O)O.O=[Si](O)O.[Ba+2].[H-].[H-].[PbH2]. The molecule has 7 nitrogen and oxygen atoms in total. The van der Waals surface area contributed by atoms with Gasteiger partial charge in [0, 0.05) is 0 Å². The van der Waals surface area contributed by atoms with E-state index < -0.39 is 19.6 Å². The van der Waals surface area contributed by atoms with Gasteiger partial charge in [-0.25, -0.2) is 0 Å². The van der Waals surface area contributed by atoms with Crippen molar-refractivity contribution in [3.8, 4) is 0 Å². The van der Waals surface area contributed by atoms with Crippen molar-refractivity contribution in [2.24, 2.45) is 0 Å². The molecule has 0 atom stereocenters. The zero-order chi connectivity index (χ0) is 8.08. The molecule has 0 aliphatic rings. The fourth-order valence-corrected chi connectivity index (χ4v) is 0. The summed E-state index contributed by atoms with van der Waals surface area (Å²) in [6.45, 7) is 0. The Balaban J connectivity index is -0.0000000146. The van der Waals surface area contributed by atoms with Crippen LogP contribution in [0.4, 0.5) is 0 Å². The zero-order valence-corrected chi connectivity index (χ0v) is 17.1. The van der Waals surface area contributed by atoms with Gasteiger partial charge in [-0.15, -0.1) is 0 Å². The minimum absolute atomic E-state index is 0. The van der Waals surface area contributed by atoms with Gasteiger partial charge in [0.15, 0.2) is 0 Å². The molecule has 0 aromatic carbocycles. The summed E-state index contributed by atoms with van der Waals surface area (Å²) in [6.07, 6.45) is 0. The molecule has 4 N–H and O–H groups in total. The zero-order valence-electron chi connectivity index (χ0n) is 7.34. The molecule has 0 heterocycles. The van der Waals surface area contributed by atoms with Gasteiger partial charge in [0.05, 0.1) is 0 Å². The summed E-state index contributed by atoms with van der Waals surface area (Å²) in [5, 5.41) is 0. The quantitative estimate of drug-likeness (QED) is 0.192. The van der Waals surface area contributed by atoms with Crippen LogP contribution in [0.2, 0.25) is 0 Å². The van der Waals surface area contributed by atoms with Crippen LogP contribution in [0.3, 0.4) is 0 Å². The van der Waals surface area contributed by atoms with Gasteiger partial charge >= 0.3 is 95.7 Å². The predicted octanol–water partition coefficient (Wildman–Crippen LogP) is -3.34. The Morgan fingerprint density at radius 3 is 1.18 bits per heavy atom. The van der Waals surface area contributed by atoms with Crippen molar-refractivity contribution in [3.63, 3.8) is 0 Å². The van der Waals surface area contributed by atoms with E-state index in [-0.39, 0.29) is 79.0 Å². The summed E-state index contributed by atoms with van der Waals surface area (Å²) >= 11 is 0. The first-order valence-electron chi connectivity index (χ1n) is 1.35. The van der Waals surface area contributed by atoms with Crippen LogP contribution in [0.1, 0.15) is 2.85 Å². The molecule has 0 amide bonds. The Kier molecular flexibility index (Phi) is 25.2. The van der Waals surface area contributed by atoms with E-state index in [0.717, 1.165) is 0 Å². The van der Waals surface area contributed by atoms with E-state index in [1.54, 1.807) is 0 Å². The van der Waals surface area contributed by atoms with Crippen molar-refractivity contribution in [2.75, 3.05) is 0 Å². The van der Waals surface area contributed by atoms with Gasteiger partial charge in [-0.2, -0.15) is 8.42 Å². The molecule has 66 valence electrons. The molecule has 11 heteroatoms. The number of rotatable bonds is 0. The van der Waals surface area contributed by atoms with E-state index in [9.17, 15) is 0 Å². The summed E-state index contributed by atoms with van der Waals surface area (Å²) < 4.78 is 40.3. The second kappa shape index (κ2) is 12.0. The van der Waals surface area contributed by atoms with Crippen LogP contribution < -0.4 is 0 Å². The summed E-state index contributed by atoms with van der Waals surface area (Å²) in [5.74, 6) is 0. The van der Waals surface area contributed by atoms with Gasteiger partial charge < -0.3 is 12.4 Å². The van der Waals surface area contributed by atoms with Gasteiger partial charge in [-0.1, -0.05) is 0 Å². The van der Waals surface area contributed by atoms with Crippen LogP contribution >= 0.6 is 0 Å². The molecular formula is H8BaO7PbSSi. The summed E-state index contributed by atoms with van der Waals surface area (Å²) in [6, 6.07) is 0. The molecule has 2 radical (unpaired) electrons. The molecule has 0 aliphatic carbocycles. The van der Waals surface area contributed by atoms with Gasteiger partial charge in [0.2, 0.25) is 0 Å². The maximum atomic E-state index is 8.74. The van der Waals surface area contributed by atoms with Crippen LogP contribution in [0.5, 0.6) is 0 Å². The molecule has 0 fully saturated rings. The molecule has 0 saturated carbocycles. The molecular weight excluding hydrogens is 517 g/mol. The van der Waals surface area contributed by atoms with Crippen LogP contribution in [0.15, 0.2) is 0 Å². The second-order valence-electron chi connectivity index (χ2n) is 0.730. The molecule has 0 bridgehead atoms. The minimum atomic E-state index is -4.67. The van der Waals surface area contributed by atoms with Crippen LogP contribution in [-0.4, -0.2) is 112 Å². The third-order valence-electron chi connectivity index (χ3n) is 0. The van der Waals surface area contributed by atoms with Crippen molar-refractivity contribution in [2.45, 2.75) is 0 Å². The Bertz CT molecular complexity index is 169. The Hall–Kier alpha value is 1.98. The Morgan fingerprint density at radius 2 is 1.18 bits per heavy atom. The summed E-state index contributed by atoms with van der Waals surface area (Å²) in [7, 11) is -7.80. The van der Waals surface area contributed by atoms with E-state index in [1.807, 2.05) is 0 Å². The molecule has 0 spiro atoms. The molecule has 0 aliphatic heterocycles. The van der Waals surface area contributed by atoms with E-state index in [2.05, 4.69) is 0 Å². The Labute approximate surface area is 128 Å². The summed E-state index contributed by atoms with van der Waals surface area (Å²) in [5.41, 5.74) is 0. The van der Waals surface area contributed by atoms with E-state index in [1.165, 1.54) is 0 Å². The standard InChI is InChI=1S/Ba.H2O4S.H2O3Si.Pb.4H/c;1-5(2,3)4;1-4(2)3;;;;;/h;(H2,1,2,3,4);1-2H;;;;;/q+2;;;;;;2*-1. The first kappa shape index (κ1) is 23.1. The maximum absolute atomic E-state index is 8.74. The fraction of sp³-hybridized carbons (Fsp3) is 0. The monoisotopic (exact) mass is 526 g/mol. The molecule has 0 rings (SSSR count). The van der Waals surface area contributed by atoms with Crippen LogP contribution in [-0.2, 0) is 14.9 Å². The predicted molar refractivity (Wildman–Crippen MR) is 41.6 cm³/mol. The normalized spacial score (nSPS) is 7.45. The number of hydrogen-bond acceptors (Lipinski definition) is 3. The van der Waals surface area contributed by atoms with E-state index >= 15 is 0 Å². The number of hydrogen-bond donors (Lipinski definition) is 4. The van der Waals surface area contributed by atoms with Crippen molar-refractivity contribution in [1.82, 2.24) is 0 Å². The van der Waals surface area contributed by atoms with E-state index in [4.69, 9.17) is 31.6 Å². The molecule has 11 heavy (non-hydrogen) atoms. The van der Waals surface area contributed by atoms with E-state index in [0.29, 0.717) is 0 Å². The van der Waals surface area contributed by atoms with Crippen molar-refractivity contribution in [3.05, 3.63) is 0 Å². The summed E-state index contributed by atoms with van der Waals surface area (Å²) in [4.78, 5) is 14.3. The van der Waals surface area contributed by atoms with Gasteiger partial charge in [0.25, 0.3) is 0 Å². The fourth-order valence-electron chi connectivity index (χ4n) is 0. The average Bonchev–Trinajstić information content (AvgIpc) is 1.19.